The van der Waals surface area contributed by atoms with E-state index >= 15 is 0 Å². The topological polar surface area (TPSA) is 95.7 Å². The Morgan fingerprint density at radius 1 is 1.35 bits per heavy atom. The van der Waals surface area contributed by atoms with Gasteiger partial charge in [-0.25, -0.2) is 4.79 Å². The number of anilines is 1. The molecule has 1 aliphatic rings. The molecule has 1 unspecified atom stereocenters. The van der Waals surface area contributed by atoms with Crippen LogP contribution in [0.2, 0.25) is 0 Å². The first-order valence-corrected chi connectivity index (χ1v) is 6.65. The van der Waals surface area contributed by atoms with Crippen molar-refractivity contribution in [2.75, 3.05) is 25.0 Å². The fourth-order valence-electron chi connectivity index (χ4n) is 2.29. The van der Waals surface area contributed by atoms with Crippen LogP contribution in [-0.2, 0) is 11.2 Å². The molecule has 20 heavy (non-hydrogen) atoms. The Balaban J connectivity index is 1.90. The van der Waals surface area contributed by atoms with Crippen LogP contribution in [0.4, 0.5) is 10.5 Å². The molecule has 1 fully saturated rings. The summed E-state index contributed by atoms with van der Waals surface area (Å²) >= 11 is 0. The molecule has 1 aliphatic heterocycles. The normalized spacial score (nSPS) is 18.1. The van der Waals surface area contributed by atoms with Gasteiger partial charge in [0.1, 0.15) is 0 Å². The van der Waals surface area contributed by atoms with Crippen molar-refractivity contribution in [3.63, 3.8) is 0 Å². The zero-order valence-electron chi connectivity index (χ0n) is 11.2. The van der Waals surface area contributed by atoms with Gasteiger partial charge in [-0.3, -0.25) is 4.79 Å². The zero-order valence-corrected chi connectivity index (χ0v) is 11.2. The largest absolute Gasteiger partial charge is 0.481 e. The number of nitrogens with one attached hydrogen (secondary N) is 1. The standard InChI is InChI=1S/C14H19N3O3/c15-8-11-5-6-17(9-11)14(20)16-12-3-1-10(2-4-12)7-13(18)19/h1-4,11H,5-9,15H2,(H,16,20)(H,18,19). The molecule has 6 heteroatoms. The van der Waals surface area contributed by atoms with Gasteiger partial charge in [-0.05, 0) is 36.6 Å². The predicted molar refractivity (Wildman–Crippen MR) is 75.5 cm³/mol. The van der Waals surface area contributed by atoms with Crippen LogP contribution < -0.4 is 11.1 Å². The molecule has 2 rings (SSSR count). The van der Waals surface area contributed by atoms with E-state index in [0.717, 1.165) is 13.0 Å². The Bertz CT molecular complexity index is 487. The fraction of sp³-hybridized carbons (Fsp3) is 0.429. The summed E-state index contributed by atoms with van der Waals surface area (Å²) in [5.41, 5.74) is 6.97. The van der Waals surface area contributed by atoms with Gasteiger partial charge >= 0.3 is 12.0 Å². The van der Waals surface area contributed by atoms with E-state index in [4.69, 9.17) is 10.8 Å². The third-order valence-electron chi connectivity index (χ3n) is 3.47. The molecule has 1 saturated heterocycles. The number of likely N-dealkylation sites (tertiary alicyclic amines) is 1. The smallest absolute Gasteiger partial charge is 0.321 e. The lowest BCUT2D eigenvalue weighted by atomic mass is 10.1. The first-order valence-electron chi connectivity index (χ1n) is 6.65. The van der Waals surface area contributed by atoms with E-state index in [9.17, 15) is 9.59 Å². The average molecular weight is 277 g/mol. The summed E-state index contributed by atoms with van der Waals surface area (Å²) in [7, 11) is 0. The maximum absolute atomic E-state index is 12.0. The molecule has 0 aromatic heterocycles. The Kier molecular flexibility index (Phi) is 4.57. The summed E-state index contributed by atoms with van der Waals surface area (Å²) in [5, 5.41) is 11.5. The van der Waals surface area contributed by atoms with E-state index in [-0.39, 0.29) is 12.5 Å². The number of carbonyl (C=O) groups excluding carboxylic acids is 1. The minimum absolute atomic E-state index is 0.0153. The van der Waals surface area contributed by atoms with Gasteiger partial charge in [-0.2, -0.15) is 0 Å². The van der Waals surface area contributed by atoms with Crippen molar-refractivity contribution in [2.24, 2.45) is 11.7 Å². The second-order valence-electron chi connectivity index (χ2n) is 5.03. The summed E-state index contributed by atoms with van der Waals surface area (Å²) < 4.78 is 0. The van der Waals surface area contributed by atoms with Crippen molar-refractivity contribution in [3.8, 4) is 0 Å². The number of benzene rings is 1. The van der Waals surface area contributed by atoms with Crippen molar-refractivity contribution >= 4 is 17.7 Å². The molecule has 1 aromatic carbocycles. The maximum Gasteiger partial charge on any atom is 0.321 e. The molecule has 6 nitrogen and oxygen atoms in total. The molecule has 0 saturated carbocycles. The Labute approximate surface area is 117 Å². The van der Waals surface area contributed by atoms with Crippen LogP contribution in [-0.4, -0.2) is 41.6 Å². The minimum Gasteiger partial charge on any atom is -0.481 e. The van der Waals surface area contributed by atoms with E-state index in [1.165, 1.54) is 0 Å². The van der Waals surface area contributed by atoms with Crippen molar-refractivity contribution in [3.05, 3.63) is 29.8 Å². The van der Waals surface area contributed by atoms with Gasteiger partial charge in [-0.1, -0.05) is 12.1 Å². The van der Waals surface area contributed by atoms with Gasteiger partial charge in [0.2, 0.25) is 0 Å². The van der Waals surface area contributed by atoms with E-state index in [1.54, 1.807) is 29.2 Å². The van der Waals surface area contributed by atoms with Gasteiger partial charge < -0.3 is 21.1 Å². The molecule has 0 aliphatic carbocycles. The number of amides is 2. The number of carboxylic acids is 1. The number of carboxylic acid groups (broad SMARTS) is 1. The number of nitrogens with zero attached hydrogens (tertiary/aromatic N) is 1. The molecule has 1 atom stereocenters. The highest BCUT2D eigenvalue weighted by Crippen LogP contribution is 2.17. The maximum atomic E-state index is 12.0. The molecule has 1 aromatic rings. The lowest BCUT2D eigenvalue weighted by Gasteiger charge is -2.17. The Hall–Kier alpha value is -2.08. The summed E-state index contributed by atoms with van der Waals surface area (Å²) in [5.74, 6) is -0.481. The Morgan fingerprint density at radius 3 is 2.60 bits per heavy atom. The minimum atomic E-state index is -0.869. The van der Waals surface area contributed by atoms with Crippen molar-refractivity contribution in [1.82, 2.24) is 4.90 Å². The molecule has 108 valence electrons. The highest BCUT2D eigenvalue weighted by molar-refractivity contribution is 5.89. The van der Waals surface area contributed by atoms with E-state index in [1.807, 2.05) is 0 Å². The first kappa shape index (κ1) is 14.3. The third-order valence-corrected chi connectivity index (χ3v) is 3.47. The highest BCUT2D eigenvalue weighted by atomic mass is 16.4. The van der Waals surface area contributed by atoms with Crippen LogP contribution in [0.5, 0.6) is 0 Å². The SMILES string of the molecule is NCC1CCN(C(=O)Nc2ccc(CC(=O)O)cc2)C1. The van der Waals surface area contributed by atoms with E-state index in [2.05, 4.69) is 5.32 Å². The van der Waals surface area contributed by atoms with Gasteiger partial charge in [-0.15, -0.1) is 0 Å². The van der Waals surface area contributed by atoms with Crippen molar-refractivity contribution in [2.45, 2.75) is 12.8 Å². The van der Waals surface area contributed by atoms with Crippen molar-refractivity contribution < 1.29 is 14.7 Å². The number of hydrogen-bond donors (Lipinski definition) is 3. The quantitative estimate of drug-likeness (QED) is 0.768. The van der Waals surface area contributed by atoms with Crippen LogP contribution in [0.3, 0.4) is 0 Å². The summed E-state index contributed by atoms with van der Waals surface area (Å²) in [4.78, 5) is 24.3. The molecular weight excluding hydrogens is 258 g/mol. The lowest BCUT2D eigenvalue weighted by Crippen LogP contribution is -2.33. The summed E-state index contributed by atoms with van der Waals surface area (Å²) in [6.07, 6.45) is 0.931. The Morgan fingerprint density at radius 2 is 2.05 bits per heavy atom. The summed E-state index contributed by atoms with van der Waals surface area (Å²) in [6, 6.07) is 6.71. The molecule has 4 N–H and O–H groups in total. The molecular formula is C14H19N3O3. The molecule has 2 amide bonds. The molecule has 0 radical (unpaired) electrons. The number of rotatable bonds is 4. The second kappa shape index (κ2) is 6.38. The highest BCUT2D eigenvalue weighted by Gasteiger charge is 2.25. The van der Waals surface area contributed by atoms with Crippen LogP contribution in [0, 0.1) is 5.92 Å². The number of aliphatic carboxylic acids is 1. The van der Waals surface area contributed by atoms with Crippen molar-refractivity contribution in [1.29, 1.82) is 0 Å². The van der Waals surface area contributed by atoms with E-state index < -0.39 is 5.97 Å². The molecule has 0 spiro atoms. The predicted octanol–water partition coefficient (Wildman–Crippen LogP) is 1.13. The zero-order chi connectivity index (χ0) is 14.5. The monoisotopic (exact) mass is 277 g/mol. The van der Waals surface area contributed by atoms with E-state index in [0.29, 0.717) is 30.3 Å². The fourth-order valence-corrected chi connectivity index (χ4v) is 2.29. The average Bonchev–Trinajstić information content (AvgIpc) is 2.89. The van der Waals surface area contributed by atoms with Crippen LogP contribution >= 0.6 is 0 Å². The second-order valence-corrected chi connectivity index (χ2v) is 5.03. The van der Waals surface area contributed by atoms with Crippen LogP contribution in [0.15, 0.2) is 24.3 Å². The van der Waals surface area contributed by atoms with Crippen LogP contribution in [0.1, 0.15) is 12.0 Å². The van der Waals surface area contributed by atoms with Gasteiger partial charge in [0.25, 0.3) is 0 Å². The lowest BCUT2D eigenvalue weighted by molar-refractivity contribution is -0.136. The van der Waals surface area contributed by atoms with Gasteiger partial charge in [0, 0.05) is 18.8 Å². The van der Waals surface area contributed by atoms with Crippen LogP contribution in [0.25, 0.3) is 0 Å². The number of urea groups is 1. The number of carbonyl (C=O) groups is 2. The molecule has 1 heterocycles. The molecule has 0 bridgehead atoms. The number of nitrogens with two attached hydrogens (primary N) is 1. The summed E-state index contributed by atoms with van der Waals surface area (Å²) in [6.45, 7) is 2.03. The van der Waals surface area contributed by atoms with Gasteiger partial charge in [0.15, 0.2) is 0 Å². The first-order chi connectivity index (χ1) is 9.58. The number of hydrogen-bond acceptors (Lipinski definition) is 3. The third kappa shape index (κ3) is 3.71. The van der Waals surface area contributed by atoms with Gasteiger partial charge in [0.05, 0.1) is 6.42 Å².